The summed E-state index contributed by atoms with van der Waals surface area (Å²) in [6.45, 7) is 1.32. The molecule has 1 aliphatic rings. The van der Waals surface area contributed by atoms with Crippen molar-refractivity contribution in [2.24, 2.45) is 5.92 Å². The number of nitrogens with one attached hydrogen (secondary N) is 2. The maximum atomic E-state index is 12.0. The fourth-order valence-corrected chi connectivity index (χ4v) is 3.56. The predicted molar refractivity (Wildman–Crippen MR) is 93.5 cm³/mol. The number of anilines is 1. The maximum Gasteiger partial charge on any atom is 0.238 e. The van der Waals surface area contributed by atoms with Crippen molar-refractivity contribution in [1.82, 2.24) is 15.4 Å². The Labute approximate surface area is 142 Å². The highest BCUT2D eigenvalue weighted by Gasteiger charge is 2.21. The van der Waals surface area contributed by atoms with Crippen molar-refractivity contribution in [3.8, 4) is 11.1 Å². The van der Waals surface area contributed by atoms with E-state index in [9.17, 15) is 4.79 Å². The average Bonchev–Trinajstić information content (AvgIpc) is 3.02. The number of carbonyl (C=O) groups is 1. The summed E-state index contributed by atoms with van der Waals surface area (Å²) in [5, 5.41) is 2.98. The summed E-state index contributed by atoms with van der Waals surface area (Å²) in [6.07, 6.45) is 1.96. The molecule has 2 aromatic heterocycles. The van der Waals surface area contributed by atoms with Crippen LogP contribution < -0.4 is 10.9 Å². The van der Waals surface area contributed by atoms with Crippen molar-refractivity contribution in [3.05, 3.63) is 42.0 Å². The Morgan fingerprint density at radius 3 is 2.83 bits per heavy atom. The number of nitrogens with zero attached hydrogens (tertiary/aromatic N) is 2. The molecule has 0 aliphatic carbocycles. The second-order valence-electron chi connectivity index (χ2n) is 5.70. The molecule has 24 heavy (non-hydrogen) atoms. The Bertz CT molecular complexity index is 861. The Kier molecular flexibility index (Phi) is 4.10. The van der Waals surface area contributed by atoms with Crippen LogP contribution in [0.25, 0.3) is 21.3 Å². The molecule has 0 spiro atoms. The smallest absolute Gasteiger partial charge is 0.238 e. The zero-order valence-electron chi connectivity index (χ0n) is 12.9. The topological polar surface area (TPSA) is 76.1 Å². The minimum atomic E-state index is -0.0634. The highest BCUT2D eigenvalue weighted by atomic mass is 32.1. The molecule has 6 nitrogen and oxygen atoms in total. The number of carbonyl (C=O) groups excluding carboxylic acids is 1. The largest absolute Gasteiger partial charge is 0.381 e. The number of thiophene rings is 1. The molecule has 7 heteroatoms. The van der Waals surface area contributed by atoms with Gasteiger partial charge in [0.15, 0.2) is 5.82 Å². The molecule has 0 unspecified atom stereocenters. The molecule has 1 amide bonds. The quantitative estimate of drug-likeness (QED) is 0.699. The second kappa shape index (κ2) is 6.54. The summed E-state index contributed by atoms with van der Waals surface area (Å²) >= 11 is 1.56. The molecule has 4 rings (SSSR count). The van der Waals surface area contributed by atoms with E-state index >= 15 is 0 Å². The van der Waals surface area contributed by atoms with Gasteiger partial charge in [0.2, 0.25) is 5.91 Å². The number of hydrogen-bond acceptors (Lipinski definition) is 6. The third-order valence-corrected chi connectivity index (χ3v) is 4.84. The number of rotatable bonds is 5. The van der Waals surface area contributed by atoms with E-state index in [-0.39, 0.29) is 5.91 Å². The lowest BCUT2D eigenvalue weighted by Gasteiger charge is -2.25. The lowest BCUT2D eigenvalue weighted by atomic mass is 10.0. The Morgan fingerprint density at radius 1 is 1.25 bits per heavy atom. The average molecular weight is 340 g/mol. The van der Waals surface area contributed by atoms with Gasteiger partial charge < -0.3 is 4.74 Å². The first-order valence-corrected chi connectivity index (χ1v) is 8.59. The number of fused-ring (bicyclic) bond motifs is 1. The van der Waals surface area contributed by atoms with E-state index in [2.05, 4.69) is 26.2 Å². The highest BCUT2D eigenvalue weighted by Crippen LogP contribution is 2.36. The third kappa shape index (κ3) is 2.95. The lowest BCUT2D eigenvalue weighted by Crippen LogP contribution is -2.36. The minimum absolute atomic E-state index is 0.0634. The van der Waals surface area contributed by atoms with Gasteiger partial charge >= 0.3 is 0 Å². The summed E-state index contributed by atoms with van der Waals surface area (Å²) < 4.78 is 5.09. The van der Waals surface area contributed by atoms with Gasteiger partial charge in [0, 0.05) is 23.3 Å². The summed E-state index contributed by atoms with van der Waals surface area (Å²) in [6, 6.07) is 10.1. The molecule has 0 saturated carbocycles. The van der Waals surface area contributed by atoms with Crippen LogP contribution in [0.3, 0.4) is 0 Å². The van der Waals surface area contributed by atoms with Crippen LogP contribution >= 0.6 is 11.3 Å². The molecule has 1 aromatic carbocycles. The van der Waals surface area contributed by atoms with Crippen LogP contribution in [-0.2, 0) is 9.53 Å². The first-order valence-electron chi connectivity index (χ1n) is 7.71. The van der Waals surface area contributed by atoms with Gasteiger partial charge in [-0.25, -0.2) is 9.97 Å². The molecule has 3 aromatic rings. The van der Waals surface area contributed by atoms with Crippen molar-refractivity contribution >= 4 is 33.3 Å². The molecule has 0 bridgehead atoms. The fourth-order valence-electron chi connectivity index (χ4n) is 2.64. The Morgan fingerprint density at radius 2 is 2.08 bits per heavy atom. The van der Waals surface area contributed by atoms with E-state index in [0.29, 0.717) is 31.4 Å². The number of hydrazine groups is 1. The SMILES string of the molecule is O=C(CC1COC1)NNc1ncnc2scc(-c3ccccc3)c12. The number of benzene rings is 1. The van der Waals surface area contributed by atoms with E-state index in [4.69, 9.17) is 4.74 Å². The lowest BCUT2D eigenvalue weighted by molar-refractivity contribution is -0.126. The molecule has 1 saturated heterocycles. The van der Waals surface area contributed by atoms with Gasteiger partial charge in [-0.2, -0.15) is 0 Å². The molecule has 1 aliphatic heterocycles. The van der Waals surface area contributed by atoms with Crippen LogP contribution in [-0.4, -0.2) is 29.1 Å². The predicted octanol–water partition coefficient (Wildman–Crippen LogP) is 2.84. The van der Waals surface area contributed by atoms with Gasteiger partial charge in [-0.05, 0) is 5.56 Å². The number of aromatic nitrogens is 2. The van der Waals surface area contributed by atoms with Crippen molar-refractivity contribution in [2.45, 2.75) is 6.42 Å². The van der Waals surface area contributed by atoms with Crippen molar-refractivity contribution in [2.75, 3.05) is 18.6 Å². The molecule has 3 heterocycles. The van der Waals surface area contributed by atoms with Gasteiger partial charge in [0.05, 0.1) is 18.6 Å². The van der Waals surface area contributed by atoms with E-state index < -0.39 is 0 Å². The van der Waals surface area contributed by atoms with E-state index in [1.54, 1.807) is 11.3 Å². The van der Waals surface area contributed by atoms with Gasteiger partial charge in [-0.1, -0.05) is 30.3 Å². The van der Waals surface area contributed by atoms with E-state index in [1.165, 1.54) is 6.33 Å². The zero-order valence-corrected chi connectivity index (χ0v) is 13.7. The molecule has 1 fully saturated rings. The third-order valence-electron chi connectivity index (χ3n) is 3.96. The highest BCUT2D eigenvalue weighted by molar-refractivity contribution is 7.17. The van der Waals surface area contributed by atoms with Crippen molar-refractivity contribution < 1.29 is 9.53 Å². The molecule has 122 valence electrons. The second-order valence-corrected chi connectivity index (χ2v) is 6.56. The first kappa shape index (κ1) is 15.0. The molecular weight excluding hydrogens is 324 g/mol. The summed E-state index contributed by atoms with van der Waals surface area (Å²) in [5.41, 5.74) is 7.83. The van der Waals surface area contributed by atoms with E-state index in [1.807, 2.05) is 30.3 Å². The summed E-state index contributed by atoms with van der Waals surface area (Å²) in [4.78, 5) is 21.5. The Hall–Kier alpha value is -2.51. The minimum Gasteiger partial charge on any atom is -0.381 e. The number of hydrogen-bond donors (Lipinski definition) is 2. The van der Waals surface area contributed by atoms with Gasteiger partial charge in [-0.3, -0.25) is 15.6 Å². The molecule has 0 radical (unpaired) electrons. The maximum absolute atomic E-state index is 12.0. The van der Waals surface area contributed by atoms with Gasteiger partial charge in [0.1, 0.15) is 11.2 Å². The zero-order chi connectivity index (χ0) is 16.4. The van der Waals surface area contributed by atoms with Crippen LogP contribution in [0.2, 0.25) is 0 Å². The van der Waals surface area contributed by atoms with Crippen molar-refractivity contribution in [1.29, 1.82) is 0 Å². The van der Waals surface area contributed by atoms with Gasteiger partial charge in [-0.15, -0.1) is 11.3 Å². The molecule has 2 N–H and O–H groups in total. The van der Waals surface area contributed by atoms with Gasteiger partial charge in [0.25, 0.3) is 0 Å². The summed E-state index contributed by atoms with van der Waals surface area (Å²) in [7, 11) is 0. The van der Waals surface area contributed by atoms with E-state index in [0.717, 1.165) is 21.3 Å². The summed E-state index contributed by atoms with van der Waals surface area (Å²) in [5.74, 6) is 0.864. The van der Waals surface area contributed by atoms with Crippen LogP contribution in [0.4, 0.5) is 5.82 Å². The normalized spacial score (nSPS) is 14.3. The monoisotopic (exact) mass is 340 g/mol. The van der Waals surface area contributed by atoms with Crippen molar-refractivity contribution in [3.63, 3.8) is 0 Å². The van der Waals surface area contributed by atoms with Crippen LogP contribution in [0.15, 0.2) is 42.0 Å². The van der Waals surface area contributed by atoms with Crippen LogP contribution in [0, 0.1) is 5.92 Å². The molecular formula is C17H16N4O2S. The molecule has 0 atom stereocenters. The first-order chi connectivity index (χ1) is 11.8. The van der Waals surface area contributed by atoms with Crippen LogP contribution in [0.5, 0.6) is 0 Å². The number of amides is 1. The standard InChI is InChI=1S/C17H16N4O2S/c22-14(6-11-7-23-8-11)20-21-16-15-13(12-4-2-1-3-5-12)9-24-17(15)19-10-18-16/h1-5,9-11H,6-8H2,(H,20,22)(H,18,19,21). The fraction of sp³-hybridized carbons (Fsp3) is 0.235. The Balaban J connectivity index is 1.58. The number of ether oxygens (including phenoxy) is 1. The van der Waals surface area contributed by atoms with Crippen LogP contribution in [0.1, 0.15) is 6.42 Å².